The van der Waals surface area contributed by atoms with Gasteiger partial charge in [-0.15, -0.1) is 0 Å². The van der Waals surface area contributed by atoms with Gasteiger partial charge in [0.25, 0.3) is 0 Å². The number of carbonyl (C=O) groups is 3. The number of benzene rings is 4. The molecular weight excluding hydrogens is 660 g/mol. The summed E-state index contributed by atoms with van der Waals surface area (Å²) in [6.45, 7) is 5.17. The molecule has 1 aliphatic rings. The van der Waals surface area contributed by atoms with Crippen molar-refractivity contribution in [1.82, 2.24) is 10.6 Å². The third kappa shape index (κ3) is 8.22. The third-order valence-corrected chi connectivity index (χ3v) is 8.71. The smallest absolute Gasteiger partial charge is 0.408 e. The molecule has 5 rings (SSSR count). The van der Waals surface area contributed by atoms with E-state index < -0.39 is 40.8 Å². The van der Waals surface area contributed by atoms with E-state index in [2.05, 4.69) is 16.1 Å². The number of phenols is 1. The van der Waals surface area contributed by atoms with Crippen LogP contribution in [0.4, 0.5) is 19.3 Å². The van der Waals surface area contributed by atoms with Gasteiger partial charge in [0.1, 0.15) is 30.4 Å². The Hall–Kier alpha value is -5.65. The van der Waals surface area contributed by atoms with Crippen LogP contribution in [0.25, 0.3) is 11.1 Å². The molecule has 2 amide bonds. The minimum absolute atomic E-state index is 0.0229. The fourth-order valence-electron chi connectivity index (χ4n) is 6.11. The normalized spacial score (nSPS) is 15.0. The van der Waals surface area contributed by atoms with Gasteiger partial charge < -0.3 is 30.1 Å². The fraction of sp³-hybridized carbons (Fsp3) is 0.308. The Kier molecular flexibility index (Phi) is 11.8. The summed E-state index contributed by atoms with van der Waals surface area (Å²) in [5.41, 5.74) is 0.916. The number of unbranched alkanes of at least 4 members (excludes halogenated alkanes) is 1. The molecule has 0 spiro atoms. The Morgan fingerprint density at radius 1 is 0.961 bits per heavy atom. The Labute approximate surface area is 295 Å². The third-order valence-electron chi connectivity index (χ3n) is 8.71. The SMILES string of the molecule is CCCCC(=O)NCCc1c(-c2cc(O)cc(OCc3ccccc3)c2)c(F)c(F)c2c1[C@](NC(=O)OCc1ccccc1)(C(C)C)C(=O)ON2. The van der Waals surface area contributed by atoms with Gasteiger partial charge in [-0.05, 0) is 53.1 Å². The van der Waals surface area contributed by atoms with Crippen molar-refractivity contribution in [1.29, 1.82) is 0 Å². The molecular formula is C39H41F2N3O7. The van der Waals surface area contributed by atoms with E-state index in [0.717, 1.165) is 12.0 Å². The maximum atomic E-state index is 16.4. The van der Waals surface area contributed by atoms with Crippen LogP contribution in [0.15, 0.2) is 78.9 Å². The van der Waals surface area contributed by atoms with Crippen LogP contribution < -0.4 is 20.9 Å². The number of phenolic OH excluding ortho intramolecular Hbond substituents is 1. The first-order valence-corrected chi connectivity index (χ1v) is 16.8. The monoisotopic (exact) mass is 701 g/mol. The summed E-state index contributed by atoms with van der Waals surface area (Å²) in [4.78, 5) is 45.1. The first-order chi connectivity index (χ1) is 24.5. The predicted molar refractivity (Wildman–Crippen MR) is 186 cm³/mol. The number of halogens is 2. The molecule has 0 saturated carbocycles. The van der Waals surface area contributed by atoms with Crippen LogP contribution in [0.3, 0.4) is 0 Å². The van der Waals surface area contributed by atoms with Crippen LogP contribution in [0.5, 0.6) is 11.5 Å². The average Bonchev–Trinajstić information content (AvgIpc) is 3.12. The Morgan fingerprint density at radius 3 is 2.27 bits per heavy atom. The number of hydrogen-bond donors (Lipinski definition) is 4. The van der Waals surface area contributed by atoms with Gasteiger partial charge >= 0.3 is 12.1 Å². The Bertz CT molecular complexity index is 1870. The second-order valence-electron chi connectivity index (χ2n) is 12.6. The van der Waals surface area contributed by atoms with Crippen LogP contribution in [0, 0.1) is 17.6 Å². The van der Waals surface area contributed by atoms with Gasteiger partial charge in [-0.3, -0.25) is 4.79 Å². The number of fused-ring (bicyclic) bond motifs is 1. The van der Waals surface area contributed by atoms with Gasteiger partial charge in [0.05, 0.1) is 0 Å². The molecule has 0 radical (unpaired) electrons. The number of ether oxygens (including phenoxy) is 2. The lowest BCUT2D eigenvalue weighted by atomic mass is 9.73. The van der Waals surface area contributed by atoms with E-state index in [1.165, 1.54) is 18.2 Å². The second-order valence-corrected chi connectivity index (χ2v) is 12.6. The van der Waals surface area contributed by atoms with Gasteiger partial charge in [-0.2, -0.15) is 0 Å². The molecule has 1 heterocycles. The van der Waals surface area contributed by atoms with Crippen molar-refractivity contribution in [3.63, 3.8) is 0 Å². The molecule has 0 saturated heterocycles. The molecule has 4 N–H and O–H groups in total. The first-order valence-electron chi connectivity index (χ1n) is 16.8. The van der Waals surface area contributed by atoms with E-state index in [4.69, 9.17) is 14.3 Å². The van der Waals surface area contributed by atoms with Crippen molar-refractivity contribution in [2.75, 3.05) is 12.0 Å². The number of rotatable bonds is 14. The highest BCUT2D eigenvalue weighted by atomic mass is 19.2. The van der Waals surface area contributed by atoms with E-state index in [1.54, 1.807) is 38.1 Å². The molecule has 1 atom stereocenters. The summed E-state index contributed by atoms with van der Waals surface area (Å²) in [6, 6.07) is 22.2. The maximum absolute atomic E-state index is 16.4. The van der Waals surface area contributed by atoms with Crippen molar-refractivity contribution in [2.45, 2.75) is 65.2 Å². The zero-order valence-corrected chi connectivity index (χ0v) is 28.7. The van der Waals surface area contributed by atoms with Crippen molar-refractivity contribution in [3.05, 3.63) is 113 Å². The lowest BCUT2D eigenvalue weighted by Crippen LogP contribution is -2.59. The lowest BCUT2D eigenvalue weighted by molar-refractivity contribution is -0.152. The molecule has 0 fully saturated rings. The van der Waals surface area contributed by atoms with Gasteiger partial charge in [-0.1, -0.05) is 87.9 Å². The van der Waals surface area contributed by atoms with Crippen molar-refractivity contribution < 1.29 is 42.6 Å². The molecule has 4 aromatic carbocycles. The zero-order chi connectivity index (χ0) is 36.5. The minimum atomic E-state index is -2.08. The first kappa shape index (κ1) is 36.6. The lowest BCUT2D eigenvalue weighted by Gasteiger charge is -2.42. The summed E-state index contributed by atoms with van der Waals surface area (Å²) in [5.74, 6) is -4.84. The number of aromatic hydroxyl groups is 1. The number of alkyl carbamates (subject to hydrolysis) is 1. The summed E-state index contributed by atoms with van der Waals surface area (Å²) < 4.78 is 44.1. The average molecular weight is 702 g/mol. The van der Waals surface area contributed by atoms with Crippen molar-refractivity contribution >= 4 is 23.7 Å². The highest BCUT2D eigenvalue weighted by molar-refractivity contribution is 5.94. The van der Waals surface area contributed by atoms with Crippen LogP contribution in [-0.4, -0.2) is 29.6 Å². The Morgan fingerprint density at radius 2 is 1.63 bits per heavy atom. The van der Waals surface area contributed by atoms with Gasteiger partial charge in [0.15, 0.2) is 17.2 Å². The van der Waals surface area contributed by atoms with Crippen LogP contribution in [-0.2, 0) is 44.3 Å². The highest BCUT2D eigenvalue weighted by Crippen LogP contribution is 2.48. The number of amides is 2. The number of nitrogens with one attached hydrogen (secondary N) is 3. The van der Waals surface area contributed by atoms with Crippen LogP contribution >= 0.6 is 0 Å². The molecule has 268 valence electrons. The number of carbonyl (C=O) groups excluding carboxylic acids is 3. The fourth-order valence-corrected chi connectivity index (χ4v) is 6.11. The summed E-state index contributed by atoms with van der Waals surface area (Å²) in [6.07, 6.45) is 0.626. The van der Waals surface area contributed by atoms with E-state index >= 15 is 8.78 Å². The standard InChI is InChI=1S/C39H41F2N3O7/c1-4-5-16-31(46)42-18-17-30-32(27-19-28(45)21-29(20-27)49-22-25-12-8-6-9-13-25)34(40)35(41)36-33(30)39(24(2)3,37(47)51-44-36)43-38(48)50-23-26-14-10-7-11-15-26/h6-15,19-21,24,44-45H,4-5,16-18,22-23H2,1-3H3,(H,42,46)(H,43,48)/t39-/m1/s1. The molecule has 0 unspecified atom stereocenters. The maximum Gasteiger partial charge on any atom is 0.408 e. The quantitative estimate of drug-likeness (QED) is 0.107. The Balaban J connectivity index is 1.64. The van der Waals surface area contributed by atoms with E-state index in [1.807, 2.05) is 43.3 Å². The summed E-state index contributed by atoms with van der Waals surface area (Å²) >= 11 is 0. The van der Waals surface area contributed by atoms with Crippen molar-refractivity contribution in [3.8, 4) is 22.6 Å². The van der Waals surface area contributed by atoms with Gasteiger partial charge in [-0.25, -0.2) is 23.9 Å². The number of anilines is 1. The van der Waals surface area contributed by atoms with Gasteiger partial charge in [0, 0.05) is 30.2 Å². The predicted octanol–water partition coefficient (Wildman–Crippen LogP) is 7.43. The highest BCUT2D eigenvalue weighted by Gasteiger charge is 2.54. The van der Waals surface area contributed by atoms with Gasteiger partial charge in [0.2, 0.25) is 5.91 Å². The van der Waals surface area contributed by atoms with E-state index in [-0.39, 0.29) is 72.3 Å². The topological polar surface area (TPSA) is 135 Å². The minimum Gasteiger partial charge on any atom is -0.508 e. The molecule has 12 heteroatoms. The van der Waals surface area contributed by atoms with E-state index in [9.17, 15) is 19.5 Å². The molecule has 1 aliphatic heterocycles. The van der Waals surface area contributed by atoms with Crippen LogP contribution in [0.1, 0.15) is 62.3 Å². The number of hydrogen-bond acceptors (Lipinski definition) is 8. The van der Waals surface area contributed by atoms with E-state index in [0.29, 0.717) is 12.0 Å². The molecule has 51 heavy (non-hydrogen) atoms. The molecule has 0 aromatic heterocycles. The largest absolute Gasteiger partial charge is 0.508 e. The second kappa shape index (κ2) is 16.4. The van der Waals surface area contributed by atoms with Crippen LogP contribution in [0.2, 0.25) is 0 Å². The summed E-state index contributed by atoms with van der Waals surface area (Å²) in [5, 5.41) is 16.2. The molecule has 0 aliphatic carbocycles. The molecule has 0 bridgehead atoms. The zero-order valence-electron chi connectivity index (χ0n) is 28.7. The van der Waals surface area contributed by atoms with Crippen molar-refractivity contribution in [2.24, 2.45) is 5.92 Å². The molecule has 10 nitrogen and oxygen atoms in total. The molecule has 4 aromatic rings. The summed E-state index contributed by atoms with van der Waals surface area (Å²) in [7, 11) is 0.